The van der Waals surface area contributed by atoms with Gasteiger partial charge in [0.1, 0.15) is 0 Å². The maximum Gasteiger partial charge on any atom is 0.331 e. The van der Waals surface area contributed by atoms with Crippen LogP contribution in [0.1, 0.15) is 38.3 Å². The van der Waals surface area contributed by atoms with Gasteiger partial charge in [-0.05, 0) is 55.3 Å². The number of carbonyl (C=O) groups excluding carboxylic acids is 2. The van der Waals surface area contributed by atoms with Crippen molar-refractivity contribution in [2.24, 2.45) is 15.2 Å². The molecule has 1 atom stereocenters. The van der Waals surface area contributed by atoms with Crippen molar-refractivity contribution in [1.82, 2.24) is 4.57 Å². The van der Waals surface area contributed by atoms with Crippen molar-refractivity contribution in [3.8, 4) is 5.88 Å². The molecule has 2 aromatic carbocycles. The topological polar surface area (TPSA) is 106 Å². The molecular formula is C26H23BrN4O4S. The van der Waals surface area contributed by atoms with E-state index in [4.69, 9.17) is 0 Å². The number of nitrogens with zero attached hydrogens (tertiary/aromatic N) is 4. The standard InChI is InChI=1S/C26H23BrN4O4S/c1-25(2)13-26(3,14-8-6-5-7-9-14)17-11-15(27)10-16-20(23(34)31(25)21(16)17)29-30-24-28-22(33)18(36-24)12-19(32)35-4/h5-12,34H,13H2,1-4H3/b18-12-,30-29?. The van der Waals surface area contributed by atoms with E-state index in [1.807, 2.05) is 28.8 Å². The summed E-state index contributed by atoms with van der Waals surface area (Å²) in [7, 11) is 1.23. The second-order valence-electron chi connectivity index (χ2n) is 9.58. The monoisotopic (exact) mass is 566 g/mol. The number of rotatable bonds is 3. The summed E-state index contributed by atoms with van der Waals surface area (Å²) < 4.78 is 7.34. The summed E-state index contributed by atoms with van der Waals surface area (Å²) in [5.41, 5.74) is 2.68. The third-order valence-electron chi connectivity index (χ3n) is 6.67. The van der Waals surface area contributed by atoms with E-state index in [1.165, 1.54) is 12.7 Å². The molecule has 0 fully saturated rings. The van der Waals surface area contributed by atoms with Crippen molar-refractivity contribution >= 4 is 61.3 Å². The van der Waals surface area contributed by atoms with Crippen LogP contribution in [0.25, 0.3) is 10.9 Å². The normalized spacial score (nSPS) is 22.0. The molecule has 0 radical (unpaired) electrons. The number of amidine groups is 1. The largest absolute Gasteiger partial charge is 0.493 e. The maximum atomic E-state index is 12.1. The highest BCUT2D eigenvalue weighted by Gasteiger charge is 2.45. The number of halogens is 1. The van der Waals surface area contributed by atoms with E-state index in [9.17, 15) is 14.7 Å². The van der Waals surface area contributed by atoms with Crippen LogP contribution in [-0.2, 0) is 25.3 Å². The minimum Gasteiger partial charge on any atom is -0.493 e. The summed E-state index contributed by atoms with van der Waals surface area (Å²) in [6.07, 6.45) is 1.82. The molecule has 0 bridgehead atoms. The van der Waals surface area contributed by atoms with E-state index in [1.54, 1.807) is 0 Å². The number of esters is 1. The summed E-state index contributed by atoms with van der Waals surface area (Å²) in [6, 6.07) is 14.4. The Hall–Kier alpha value is -3.24. The maximum absolute atomic E-state index is 12.1. The number of benzene rings is 2. The second kappa shape index (κ2) is 8.70. The van der Waals surface area contributed by atoms with Gasteiger partial charge in [0.15, 0.2) is 5.69 Å². The number of aromatic nitrogens is 1. The first-order valence-electron chi connectivity index (χ1n) is 11.2. The molecule has 0 aliphatic carbocycles. The van der Waals surface area contributed by atoms with Crippen molar-refractivity contribution in [3.05, 3.63) is 69.0 Å². The van der Waals surface area contributed by atoms with Crippen molar-refractivity contribution in [3.63, 3.8) is 0 Å². The van der Waals surface area contributed by atoms with Crippen LogP contribution in [-0.4, -0.2) is 33.8 Å². The lowest BCUT2D eigenvalue weighted by molar-refractivity contribution is -0.135. The molecule has 1 amide bonds. The Morgan fingerprint density at radius 1 is 1.22 bits per heavy atom. The number of hydrogen-bond acceptors (Lipinski definition) is 7. The van der Waals surface area contributed by atoms with Crippen molar-refractivity contribution in [2.75, 3.05) is 7.11 Å². The highest BCUT2D eigenvalue weighted by Crippen LogP contribution is 2.55. The molecular weight excluding hydrogens is 544 g/mol. The number of ether oxygens (including phenoxy) is 1. The van der Waals surface area contributed by atoms with Crippen molar-refractivity contribution in [2.45, 2.75) is 38.1 Å². The van der Waals surface area contributed by atoms with Crippen molar-refractivity contribution in [1.29, 1.82) is 0 Å². The summed E-state index contributed by atoms with van der Waals surface area (Å²) >= 11 is 4.57. The number of aliphatic imine (C=N–C) groups is 1. The van der Waals surface area contributed by atoms with Crippen LogP contribution in [0.5, 0.6) is 5.88 Å². The van der Waals surface area contributed by atoms with Crippen molar-refractivity contribution < 1.29 is 19.4 Å². The van der Waals surface area contributed by atoms with Gasteiger partial charge in [-0.25, -0.2) is 4.79 Å². The second-order valence-corrected chi connectivity index (χ2v) is 11.5. The lowest BCUT2D eigenvalue weighted by atomic mass is 9.66. The molecule has 0 saturated heterocycles. The van der Waals surface area contributed by atoms with Crippen LogP contribution in [0.15, 0.2) is 73.1 Å². The van der Waals surface area contributed by atoms with Crippen LogP contribution in [0.2, 0.25) is 0 Å². The minimum atomic E-state index is -0.653. The molecule has 36 heavy (non-hydrogen) atoms. The van der Waals surface area contributed by atoms with Crippen LogP contribution in [0.3, 0.4) is 0 Å². The minimum absolute atomic E-state index is 0.00605. The molecule has 0 spiro atoms. The first-order valence-corrected chi connectivity index (χ1v) is 12.8. The number of amides is 1. The molecule has 2 aliphatic rings. The highest BCUT2D eigenvalue weighted by atomic mass is 79.9. The van der Waals surface area contributed by atoms with E-state index in [0.29, 0.717) is 5.69 Å². The van der Waals surface area contributed by atoms with Gasteiger partial charge in [0.05, 0.1) is 17.5 Å². The van der Waals surface area contributed by atoms with Gasteiger partial charge >= 0.3 is 5.97 Å². The van der Waals surface area contributed by atoms with Gasteiger partial charge in [-0.2, -0.15) is 4.99 Å². The Kier molecular flexibility index (Phi) is 5.91. The summed E-state index contributed by atoms with van der Waals surface area (Å²) in [6.45, 7) is 6.42. The average molecular weight is 567 g/mol. The fraction of sp³-hybridized carbons (Fsp3) is 0.269. The molecule has 2 aliphatic heterocycles. The fourth-order valence-electron chi connectivity index (χ4n) is 5.26. The predicted molar refractivity (Wildman–Crippen MR) is 143 cm³/mol. The van der Waals surface area contributed by atoms with Gasteiger partial charge in [-0.3, -0.25) is 4.79 Å². The van der Waals surface area contributed by atoms with Crippen LogP contribution < -0.4 is 0 Å². The molecule has 5 rings (SSSR count). The zero-order valence-electron chi connectivity index (χ0n) is 20.1. The van der Waals surface area contributed by atoms with Crippen LogP contribution in [0, 0.1) is 0 Å². The van der Waals surface area contributed by atoms with E-state index in [-0.39, 0.29) is 21.4 Å². The molecule has 3 heterocycles. The lowest BCUT2D eigenvalue weighted by Gasteiger charge is -2.45. The van der Waals surface area contributed by atoms with E-state index in [0.717, 1.165) is 45.2 Å². The number of azo groups is 1. The Balaban J connectivity index is 1.66. The number of thioether (sulfide) groups is 1. The molecule has 0 saturated carbocycles. The first kappa shape index (κ1) is 24.5. The first-order chi connectivity index (χ1) is 17.0. The molecule has 3 aromatic rings. The van der Waals surface area contributed by atoms with Gasteiger partial charge in [0.25, 0.3) is 5.91 Å². The Bertz CT molecular complexity index is 1520. The van der Waals surface area contributed by atoms with Crippen LogP contribution >= 0.6 is 27.7 Å². The fourth-order valence-corrected chi connectivity index (χ4v) is 6.42. The number of methoxy groups -OCH3 is 1. The summed E-state index contributed by atoms with van der Waals surface area (Å²) in [5, 5.41) is 20.7. The predicted octanol–water partition coefficient (Wildman–Crippen LogP) is 6.32. The summed E-state index contributed by atoms with van der Waals surface area (Å²) in [5.74, 6) is -1.25. The number of aromatic hydroxyl groups is 1. The molecule has 1 unspecified atom stereocenters. The average Bonchev–Trinajstić information content (AvgIpc) is 3.32. The van der Waals surface area contributed by atoms with Gasteiger partial charge in [-0.15, -0.1) is 10.2 Å². The molecule has 10 heteroatoms. The smallest absolute Gasteiger partial charge is 0.331 e. The quantitative estimate of drug-likeness (QED) is 0.226. The third kappa shape index (κ3) is 3.88. The van der Waals surface area contributed by atoms with E-state index in [2.05, 4.69) is 74.9 Å². The van der Waals surface area contributed by atoms with Gasteiger partial charge in [0.2, 0.25) is 11.0 Å². The van der Waals surface area contributed by atoms with Gasteiger partial charge in [0, 0.05) is 26.9 Å². The van der Waals surface area contributed by atoms with Gasteiger partial charge < -0.3 is 14.4 Å². The summed E-state index contributed by atoms with van der Waals surface area (Å²) in [4.78, 5) is 27.6. The zero-order valence-corrected chi connectivity index (χ0v) is 22.5. The Labute approximate surface area is 220 Å². The zero-order chi connectivity index (χ0) is 25.8. The Morgan fingerprint density at radius 3 is 2.64 bits per heavy atom. The Morgan fingerprint density at radius 2 is 1.94 bits per heavy atom. The molecule has 1 aromatic heterocycles. The van der Waals surface area contributed by atoms with E-state index >= 15 is 0 Å². The third-order valence-corrected chi connectivity index (χ3v) is 7.99. The SMILES string of the molecule is COC(=O)/C=C1\SC(N=Nc2c(O)n3c4c(cc(Br)cc24)C(C)(c2ccccc2)CC3(C)C)=NC1=O. The van der Waals surface area contributed by atoms with Crippen LogP contribution in [0.4, 0.5) is 5.69 Å². The lowest BCUT2D eigenvalue weighted by Crippen LogP contribution is -2.41. The highest BCUT2D eigenvalue weighted by molar-refractivity contribution is 9.10. The number of carbonyl (C=O) groups is 2. The molecule has 8 nitrogen and oxygen atoms in total. The van der Waals surface area contributed by atoms with Gasteiger partial charge in [-0.1, -0.05) is 53.2 Å². The van der Waals surface area contributed by atoms with E-state index < -0.39 is 17.4 Å². The molecule has 184 valence electrons. The number of hydrogen-bond donors (Lipinski definition) is 1. The molecule has 1 N–H and O–H groups in total.